The Morgan fingerprint density at radius 2 is 1.58 bits per heavy atom. The van der Waals surface area contributed by atoms with Crippen LogP contribution in [-0.2, 0) is 5.41 Å². The molecule has 0 atom stereocenters. The van der Waals surface area contributed by atoms with Crippen LogP contribution in [-0.4, -0.2) is 13.9 Å². The van der Waals surface area contributed by atoms with Crippen LogP contribution in [0.3, 0.4) is 0 Å². The smallest absolute Gasteiger partial charge is 0.115 e. The number of unbranched alkanes of at least 4 members (excludes halogenated alkanes) is 2. The lowest BCUT2D eigenvalue weighted by atomic mass is 9.72. The molecule has 1 heterocycles. The molecule has 2 heteroatoms. The molecule has 24 heavy (non-hydrogen) atoms. The van der Waals surface area contributed by atoms with Gasteiger partial charge in [-0.3, -0.25) is 0 Å². The van der Waals surface area contributed by atoms with Crippen LogP contribution in [0.4, 0.5) is 0 Å². The van der Waals surface area contributed by atoms with Gasteiger partial charge in [0.1, 0.15) is 5.75 Å². The Kier molecular flexibility index (Phi) is 5.78. The molecule has 1 N–H and O–H groups in total. The number of phenolic OH excluding ortho intramolecular Hbond substituents is 1. The zero-order valence-electron chi connectivity index (χ0n) is 14.9. The second-order valence-electron chi connectivity index (χ2n) is 7.47. The average molecular weight is 339 g/mol. The first-order valence-corrected chi connectivity index (χ1v) is 11.8. The Hall–Kier alpha value is -1.54. The second kappa shape index (κ2) is 8.02. The normalized spacial score (nSPS) is 24.0. The van der Waals surface area contributed by atoms with Crippen LogP contribution >= 0.6 is 0 Å². The van der Waals surface area contributed by atoms with Crippen LogP contribution in [0.1, 0.15) is 51.0 Å². The lowest BCUT2D eigenvalue weighted by Gasteiger charge is -2.41. The van der Waals surface area contributed by atoms with E-state index in [9.17, 15) is 5.11 Å². The largest absolute Gasteiger partial charge is 0.508 e. The lowest BCUT2D eigenvalue weighted by molar-refractivity contribution is 0.338. The molecule has 0 aliphatic carbocycles. The summed E-state index contributed by atoms with van der Waals surface area (Å²) in [6.07, 6.45) is 8.05. The minimum atomic E-state index is -0.863. The van der Waals surface area contributed by atoms with Crippen LogP contribution in [0, 0.1) is 0 Å². The quantitative estimate of drug-likeness (QED) is 0.571. The van der Waals surface area contributed by atoms with Crippen molar-refractivity contribution in [1.29, 1.82) is 0 Å². The number of aromatic hydroxyl groups is 1. The molecule has 1 aliphatic heterocycles. The maximum atomic E-state index is 9.52. The van der Waals surface area contributed by atoms with Crippen molar-refractivity contribution in [2.24, 2.45) is 0 Å². The maximum Gasteiger partial charge on any atom is 0.115 e. The summed E-state index contributed by atoms with van der Waals surface area (Å²) in [5.74, 6) is 0.391. The third kappa shape index (κ3) is 3.92. The van der Waals surface area contributed by atoms with Crippen molar-refractivity contribution in [2.75, 3.05) is 0 Å². The van der Waals surface area contributed by atoms with Crippen molar-refractivity contribution < 1.29 is 5.11 Å². The first kappa shape index (κ1) is 17.3. The van der Waals surface area contributed by atoms with E-state index in [2.05, 4.69) is 49.4 Å². The van der Waals surface area contributed by atoms with Crippen LogP contribution in [0.2, 0.25) is 12.1 Å². The number of rotatable bonds is 6. The standard InChI is InChI=1S/C22H30OSi/c1-2-3-7-14-22(19-8-5-4-6-9-19)15-17-24(18-16-22)21-12-10-20(23)11-13-21/h4-6,8-13,23-24H,2-3,7,14-18H2,1H3. The van der Waals surface area contributed by atoms with Gasteiger partial charge in [-0.15, -0.1) is 0 Å². The van der Waals surface area contributed by atoms with Crippen molar-refractivity contribution >= 4 is 14.0 Å². The van der Waals surface area contributed by atoms with E-state index in [0.717, 1.165) is 0 Å². The van der Waals surface area contributed by atoms with Gasteiger partial charge in [-0.05, 0) is 42.4 Å². The summed E-state index contributed by atoms with van der Waals surface area (Å²) >= 11 is 0. The zero-order valence-corrected chi connectivity index (χ0v) is 16.0. The van der Waals surface area contributed by atoms with Crippen molar-refractivity contribution in [3.05, 3.63) is 60.2 Å². The topological polar surface area (TPSA) is 20.2 Å². The SMILES string of the molecule is CCCCCC1(c2ccccc2)CC[SiH](c2ccc(O)cc2)CC1. The molecule has 2 aromatic carbocycles. The first-order chi connectivity index (χ1) is 11.7. The Bertz CT molecular complexity index is 612. The minimum absolute atomic E-state index is 0.391. The molecular weight excluding hydrogens is 308 g/mol. The number of benzene rings is 2. The molecule has 1 nitrogen and oxygen atoms in total. The lowest BCUT2D eigenvalue weighted by Crippen LogP contribution is -2.40. The highest BCUT2D eigenvalue weighted by molar-refractivity contribution is 6.73. The minimum Gasteiger partial charge on any atom is -0.508 e. The second-order valence-corrected chi connectivity index (χ2v) is 10.7. The molecule has 0 amide bonds. The van der Waals surface area contributed by atoms with Crippen LogP contribution < -0.4 is 5.19 Å². The Morgan fingerprint density at radius 1 is 0.917 bits per heavy atom. The van der Waals surface area contributed by atoms with E-state index in [1.807, 2.05) is 12.1 Å². The van der Waals surface area contributed by atoms with Gasteiger partial charge in [0.2, 0.25) is 0 Å². The van der Waals surface area contributed by atoms with Gasteiger partial charge in [0.05, 0.1) is 8.80 Å². The van der Waals surface area contributed by atoms with Crippen molar-refractivity contribution in [2.45, 2.75) is 63.0 Å². The van der Waals surface area contributed by atoms with Gasteiger partial charge in [0, 0.05) is 0 Å². The Balaban J connectivity index is 1.73. The van der Waals surface area contributed by atoms with Crippen molar-refractivity contribution in [1.82, 2.24) is 0 Å². The summed E-state index contributed by atoms with van der Waals surface area (Å²) in [7, 11) is -0.863. The summed E-state index contributed by atoms with van der Waals surface area (Å²) in [5.41, 5.74) is 1.98. The van der Waals surface area contributed by atoms with Gasteiger partial charge >= 0.3 is 0 Å². The van der Waals surface area contributed by atoms with Gasteiger partial charge in [-0.25, -0.2) is 0 Å². The summed E-state index contributed by atoms with van der Waals surface area (Å²) in [5, 5.41) is 11.1. The molecule has 1 fully saturated rings. The van der Waals surface area contributed by atoms with Crippen molar-refractivity contribution in [3.63, 3.8) is 0 Å². The Labute approximate surface area is 148 Å². The van der Waals surface area contributed by atoms with Gasteiger partial charge in [-0.1, -0.05) is 85.9 Å². The predicted octanol–water partition coefficient (Wildman–Crippen LogP) is 5.14. The van der Waals surface area contributed by atoms with E-state index < -0.39 is 8.80 Å². The molecule has 0 unspecified atom stereocenters. The van der Waals surface area contributed by atoms with Crippen molar-refractivity contribution in [3.8, 4) is 5.75 Å². The van der Waals surface area contributed by atoms with E-state index in [1.54, 1.807) is 5.56 Å². The highest BCUT2D eigenvalue weighted by Gasteiger charge is 2.37. The van der Waals surface area contributed by atoms with Gasteiger partial charge < -0.3 is 5.11 Å². The molecule has 0 radical (unpaired) electrons. The molecule has 0 saturated carbocycles. The average Bonchev–Trinajstić information content (AvgIpc) is 2.64. The van der Waals surface area contributed by atoms with Crippen LogP contribution in [0.25, 0.3) is 0 Å². The van der Waals surface area contributed by atoms with E-state index in [1.165, 1.54) is 55.8 Å². The van der Waals surface area contributed by atoms with E-state index >= 15 is 0 Å². The van der Waals surface area contributed by atoms with E-state index in [4.69, 9.17) is 0 Å². The summed E-state index contributed by atoms with van der Waals surface area (Å²) in [6.45, 7) is 2.30. The highest BCUT2D eigenvalue weighted by Crippen LogP contribution is 2.43. The third-order valence-electron chi connectivity index (χ3n) is 5.95. The molecule has 0 bridgehead atoms. The summed E-state index contributed by atoms with van der Waals surface area (Å²) < 4.78 is 0. The fourth-order valence-corrected chi connectivity index (χ4v) is 7.93. The molecular formula is C22H30OSi. The molecule has 1 saturated heterocycles. The predicted molar refractivity (Wildman–Crippen MR) is 106 cm³/mol. The molecule has 1 aliphatic rings. The maximum absolute atomic E-state index is 9.52. The molecule has 3 rings (SSSR count). The molecule has 0 aromatic heterocycles. The number of hydrogen-bond donors (Lipinski definition) is 1. The molecule has 128 valence electrons. The van der Waals surface area contributed by atoms with Crippen LogP contribution in [0.5, 0.6) is 5.75 Å². The highest BCUT2D eigenvalue weighted by atomic mass is 28.3. The summed E-state index contributed by atoms with van der Waals surface area (Å²) in [6, 6.07) is 22.1. The monoisotopic (exact) mass is 338 g/mol. The van der Waals surface area contributed by atoms with E-state index in [-0.39, 0.29) is 0 Å². The molecule has 2 aromatic rings. The fourth-order valence-electron chi connectivity index (χ4n) is 4.44. The fraction of sp³-hybridized carbons (Fsp3) is 0.455. The number of hydrogen-bond acceptors (Lipinski definition) is 1. The first-order valence-electron chi connectivity index (χ1n) is 9.58. The number of phenols is 1. The summed E-state index contributed by atoms with van der Waals surface area (Å²) in [4.78, 5) is 0. The van der Waals surface area contributed by atoms with E-state index in [0.29, 0.717) is 11.2 Å². The van der Waals surface area contributed by atoms with Gasteiger partial charge in [0.25, 0.3) is 0 Å². The van der Waals surface area contributed by atoms with Gasteiger partial charge in [0.15, 0.2) is 0 Å². The molecule has 0 spiro atoms. The van der Waals surface area contributed by atoms with Gasteiger partial charge in [-0.2, -0.15) is 0 Å². The Morgan fingerprint density at radius 3 is 2.21 bits per heavy atom. The van der Waals surface area contributed by atoms with Crippen LogP contribution in [0.15, 0.2) is 54.6 Å². The zero-order chi connectivity index (χ0) is 16.8. The third-order valence-corrected chi connectivity index (χ3v) is 9.25.